The molecule has 2 aromatic rings. The molecule has 1 fully saturated rings. The molecule has 0 bridgehead atoms. The van der Waals surface area contributed by atoms with Gasteiger partial charge in [-0.2, -0.15) is 0 Å². The van der Waals surface area contributed by atoms with E-state index in [4.69, 9.17) is 4.74 Å². The van der Waals surface area contributed by atoms with Gasteiger partial charge in [0.15, 0.2) is 0 Å². The summed E-state index contributed by atoms with van der Waals surface area (Å²) in [6.45, 7) is 1.64. The number of imidazole rings is 1. The Morgan fingerprint density at radius 2 is 2.22 bits per heavy atom. The molecule has 2 heterocycles. The van der Waals surface area contributed by atoms with Gasteiger partial charge in [-0.3, -0.25) is 0 Å². The van der Waals surface area contributed by atoms with Gasteiger partial charge in [-0.05, 0) is 31.2 Å². The third-order valence-corrected chi connectivity index (χ3v) is 3.65. The molecule has 3 rings (SSSR count). The quantitative estimate of drug-likeness (QED) is 0.762. The number of ether oxygens (including phenoxy) is 1. The zero-order valence-corrected chi connectivity index (χ0v) is 10.3. The van der Waals surface area contributed by atoms with Crippen molar-refractivity contribution >= 4 is 11.0 Å². The van der Waals surface area contributed by atoms with E-state index in [1.165, 1.54) is 5.56 Å². The van der Waals surface area contributed by atoms with Crippen LogP contribution < -0.4 is 11.0 Å². The van der Waals surface area contributed by atoms with E-state index in [2.05, 4.69) is 21.4 Å². The summed E-state index contributed by atoms with van der Waals surface area (Å²) in [5.74, 6) is 0.498. The monoisotopic (exact) mass is 247 g/mol. The molecule has 0 radical (unpaired) electrons. The van der Waals surface area contributed by atoms with Crippen molar-refractivity contribution < 1.29 is 4.74 Å². The second kappa shape index (κ2) is 4.59. The van der Waals surface area contributed by atoms with Crippen LogP contribution in [0.3, 0.4) is 0 Å². The Labute approximate surface area is 105 Å². The van der Waals surface area contributed by atoms with Gasteiger partial charge in [-0.1, -0.05) is 6.07 Å². The van der Waals surface area contributed by atoms with Gasteiger partial charge in [0.05, 0.1) is 17.6 Å². The van der Waals surface area contributed by atoms with Crippen molar-refractivity contribution in [2.24, 2.45) is 5.92 Å². The highest BCUT2D eigenvalue weighted by atomic mass is 16.5. The summed E-state index contributed by atoms with van der Waals surface area (Å²) in [7, 11) is 1.97. The maximum Gasteiger partial charge on any atom is 0.323 e. The Balaban J connectivity index is 1.98. The van der Waals surface area contributed by atoms with E-state index in [9.17, 15) is 4.79 Å². The summed E-state index contributed by atoms with van der Waals surface area (Å²) in [6, 6.07) is 6.32. The molecule has 2 atom stereocenters. The molecule has 1 aromatic heterocycles. The summed E-state index contributed by atoms with van der Waals surface area (Å²) in [4.78, 5) is 16.8. The van der Waals surface area contributed by atoms with Gasteiger partial charge in [-0.25, -0.2) is 4.79 Å². The van der Waals surface area contributed by atoms with E-state index in [1.54, 1.807) is 0 Å². The van der Waals surface area contributed by atoms with Crippen molar-refractivity contribution in [1.82, 2.24) is 15.3 Å². The topological polar surface area (TPSA) is 69.9 Å². The second-order valence-electron chi connectivity index (χ2n) is 4.77. The number of H-pyrrole nitrogens is 2. The summed E-state index contributed by atoms with van der Waals surface area (Å²) in [5, 5.41) is 3.35. The van der Waals surface area contributed by atoms with Crippen molar-refractivity contribution in [2.45, 2.75) is 12.5 Å². The van der Waals surface area contributed by atoms with Crippen molar-refractivity contribution in [2.75, 3.05) is 20.3 Å². The van der Waals surface area contributed by atoms with E-state index >= 15 is 0 Å². The molecule has 1 aliphatic heterocycles. The number of hydrogen-bond acceptors (Lipinski definition) is 3. The Morgan fingerprint density at radius 1 is 1.39 bits per heavy atom. The van der Waals surface area contributed by atoms with Gasteiger partial charge in [-0.15, -0.1) is 0 Å². The van der Waals surface area contributed by atoms with Crippen LogP contribution in [0.2, 0.25) is 0 Å². The summed E-state index contributed by atoms with van der Waals surface area (Å²) >= 11 is 0. The van der Waals surface area contributed by atoms with E-state index in [0.717, 1.165) is 30.7 Å². The molecule has 3 N–H and O–H groups in total. The highest BCUT2D eigenvalue weighted by molar-refractivity contribution is 5.75. The number of benzene rings is 1. The third-order valence-electron chi connectivity index (χ3n) is 3.65. The second-order valence-corrected chi connectivity index (χ2v) is 4.77. The maximum absolute atomic E-state index is 11.2. The Kier molecular flexibility index (Phi) is 2.93. The average Bonchev–Trinajstić information content (AvgIpc) is 2.97. The largest absolute Gasteiger partial charge is 0.381 e. The first-order valence-corrected chi connectivity index (χ1v) is 6.25. The number of rotatable bonds is 3. The molecule has 5 heteroatoms. The number of hydrogen-bond donors (Lipinski definition) is 3. The van der Waals surface area contributed by atoms with Gasteiger partial charge in [0.25, 0.3) is 0 Å². The zero-order chi connectivity index (χ0) is 12.5. The van der Waals surface area contributed by atoms with Gasteiger partial charge in [0, 0.05) is 18.6 Å². The first-order chi connectivity index (χ1) is 8.78. The lowest BCUT2D eigenvalue weighted by atomic mass is 9.92. The predicted molar refractivity (Wildman–Crippen MR) is 69.6 cm³/mol. The Hall–Kier alpha value is -1.59. The molecule has 0 spiro atoms. The fourth-order valence-corrected chi connectivity index (χ4v) is 2.73. The van der Waals surface area contributed by atoms with Crippen LogP contribution in [0.4, 0.5) is 0 Å². The van der Waals surface area contributed by atoms with Crippen LogP contribution in [-0.2, 0) is 4.74 Å². The number of fused-ring (bicyclic) bond motifs is 1. The van der Waals surface area contributed by atoms with Gasteiger partial charge >= 0.3 is 5.69 Å². The lowest BCUT2D eigenvalue weighted by molar-refractivity contribution is 0.178. The lowest BCUT2D eigenvalue weighted by Gasteiger charge is -2.22. The standard InChI is InChI=1S/C13H17N3O2/c1-14-12(9-4-5-18-7-9)8-2-3-10-11(6-8)16-13(17)15-10/h2-3,6,9,12,14H,4-5,7H2,1H3,(H2,15,16,17). The van der Waals surface area contributed by atoms with E-state index in [1.807, 2.05) is 19.2 Å². The molecule has 1 saturated heterocycles. The first kappa shape index (κ1) is 11.5. The predicted octanol–water partition coefficient (Wildman–Crippen LogP) is 1.15. The minimum atomic E-state index is -0.160. The normalized spacial score (nSPS) is 21.5. The molecule has 96 valence electrons. The van der Waals surface area contributed by atoms with E-state index in [-0.39, 0.29) is 11.7 Å². The van der Waals surface area contributed by atoms with Crippen LogP contribution in [0.1, 0.15) is 18.0 Å². The first-order valence-electron chi connectivity index (χ1n) is 6.25. The summed E-state index contributed by atoms with van der Waals surface area (Å²) < 4.78 is 5.45. The van der Waals surface area contributed by atoms with Crippen molar-refractivity contribution in [3.8, 4) is 0 Å². The lowest BCUT2D eigenvalue weighted by Crippen LogP contribution is -2.25. The van der Waals surface area contributed by atoms with Crippen molar-refractivity contribution in [3.05, 3.63) is 34.2 Å². The minimum Gasteiger partial charge on any atom is -0.381 e. The van der Waals surface area contributed by atoms with E-state index < -0.39 is 0 Å². The molecule has 1 aromatic carbocycles. The fraction of sp³-hybridized carbons (Fsp3) is 0.462. The molecule has 1 aliphatic rings. The molecule has 0 aliphatic carbocycles. The minimum absolute atomic E-state index is 0.160. The molecule has 0 amide bonds. The highest BCUT2D eigenvalue weighted by Crippen LogP contribution is 2.29. The zero-order valence-electron chi connectivity index (χ0n) is 10.3. The van der Waals surface area contributed by atoms with E-state index in [0.29, 0.717) is 5.92 Å². The fourth-order valence-electron chi connectivity index (χ4n) is 2.73. The smallest absolute Gasteiger partial charge is 0.323 e. The SMILES string of the molecule is CNC(c1ccc2[nH]c(=O)[nH]c2c1)C1CCOC1. The highest BCUT2D eigenvalue weighted by Gasteiger charge is 2.26. The van der Waals surface area contributed by atoms with Crippen LogP contribution in [0.15, 0.2) is 23.0 Å². The van der Waals surface area contributed by atoms with Crippen LogP contribution in [0, 0.1) is 5.92 Å². The van der Waals surface area contributed by atoms with Gasteiger partial charge in [0.1, 0.15) is 0 Å². The molecule has 0 saturated carbocycles. The number of aromatic amines is 2. The Morgan fingerprint density at radius 3 is 2.94 bits per heavy atom. The average molecular weight is 247 g/mol. The van der Waals surface area contributed by atoms with Crippen LogP contribution in [-0.4, -0.2) is 30.2 Å². The van der Waals surface area contributed by atoms with Crippen LogP contribution in [0.5, 0.6) is 0 Å². The molecule has 2 unspecified atom stereocenters. The Bertz CT molecular complexity index is 596. The summed E-state index contributed by atoms with van der Waals surface area (Å²) in [5.41, 5.74) is 2.74. The van der Waals surface area contributed by atoms with Gasteiger partial charge < -0.3 is 20.0 Å². The van der Waals surface area contributed by atoms with Crippen LogP contribution in [0.25, 0.3) is 11.0 Å². The number of nitrogens with one attached hydrogen (secondary N) is 3. The molecule has 18 heavy (non-hydrogen) atoms. The van der Waals surface area contributed by atoms with Crippen molar-refractivity contribution in [3.63, 3.8) is 0 Å². The van der Waals surface area contributed by atoms with Crippen LogP contribution >= 0.6 is 0 Å². The van der Waals surface area contributed by atoms with Gasteiger partial charge in [0.2, 0.25) is 0 Å². The molecular formula is C13H17N3O2. The third kappa shape index (κ3) is 1.95. The number of aromatic nitrogens is 2. The maximum atomic E-state index is 11.2. The molecular weight excluding hydrogens is 230 g/mol. The van der Waals surface area contributed by atoms with Crippen molar-refractivity contribution in [1.29, 1.82) is 0 Å². The molecule has 5 nitrogen and oxygen atoms in total. The summed E-state index contributed by atoms with van der Waals surface area (Å²) in [6.07, 6.45) is 1.08.